The fraction of sp³-hybridized carbons (Fsp3) is 0.500. The molecule has 0 aromatic heterocycles. The van der Waals surface area contributed by atoms with Crippen molar-refractivity contribution in [1.29, 1.82) is 0 Å². The summed E-state index contributed by atoms with van der Waals surface area (Å²) in [5.41, 5.74) is 2.19. The highest BCUT2D eigenvalue weighted by Gasteiger charge is 2.28. The maximum absolute atomic E-state index is 12.7. The molecule has 1 saturated carbocycles. The van der Waals surface area contributed by atoms with Gasteiger partial charge in [-0.1, -0.05) is 49.6 Å². The number of nitrogens with zero attached hydrogens (tertiary/aromatic N) is 1. The smallest absolute Gasteiger partial charge is 0.310 e. The summed E-state index contributed by atoms with van der Waals surface area (Å²) in [5.74, 6) is -0.612. The maximum atomic E-state index is 12.7. The topological polar surface area (TPSA) is 46.6 Å². The number of ether oxygens (including phenoxy) is 1. The number of hydrogen-bond acceptors (Lipinski definition) is 3. The lowest BCUT2D eigenvalue weighted by atomic mass is 10.1. The Morgan fingerprint density at radius 1 is 1.25 bits per heavy atom. The molecule has 4 heteroatoms. The Bertz CT molecular complexity index is 585. The zero-order valence-corrected chi connectivity index (χ0v) is 14.8. The molecule has 4 nitrogen and oxygen atoms in total. The Hall–Kier alpha value is -2.10. The minimum Gasteiger partial charge on any atom is -0.469 e. The van der Waals surface area contributed by atoms with E-state index in [-0.39, 0.29) is 23.8 Å². The van der Waals surface area contributed by atoms with E-state index < -0.39 is 0 Å². The molecule has 0 spiro atoms. The number of benzene rings is 1. The molecule has 0 heterocycles. The van der Waals surface area contributed by atoms with Crippen LogP contribution in [0.5, 0.6) is 0 Å². The van der Waals surface area contributed by atoms with Gasteiger partial charge in [0.25, 0.3) is 0 Å². The fourth-order valence-electron chi connectivity index (χ4n) is 3.15. The summed E-state index contributed by atoms with van der Waals surface area (Å²) >= 11 is 0. The van der Waals surface area contributed by atoms with Crippen LogP contribution in [0.25, 0.3) is 6.08 Å². The van der Waals surface area contributed by atoms with Gasteiger partial charge in [-0.2, -0.15) is 0 Å². The predicted octanol–water partition coefficient (Wildman–Crippen LogP) is 3.59. The minimum absolute atomic E-state index is 0.0294. The molecular weight excluding hydrogens is 302 g/mol. The summed E-state index contributed by atoms with van der Waals surface area (Å²) in [6, 6.07) is 8.27. The number of carbonyl (C=O) groups is 2. The van der Waals surface area contributed by atoms with Gasteiger partial charge in [-0.15, -0.1) is 0 Å². The first-order chi connectivity index (χ1) is 11.5. The van der Waals surface area contributed by atoms with Crippen molar-refractivity contribution < 1.29 is 14.3 Å². The Morgan fingerprint density at radius 2 is 1.88 bits per heavy atom. The van der Waals surface area contributed by atoms with Crippen LogP contribution in [0.15, 0.2) is 30.3 Å². The standard InChI is InChI=1S/C20H27NO3/c1-15-8-10-17(11-9-15)12-13-19(22)21(18-6-4-5-7-18)14-16(2)20(23)24-3/h8-13,16,18H,4-7,14H2,1-3H3/b13-12+. The molecule has 1 aromatic carbocycles. The summed E-state index contributed by atoms with van der Waals surface area (Å²) in [5, 5.41) is 0. The Labute approximate surface area is 144 Å². The van der Waals surface area contributed by atoms with E-state index >= 15 is 0 Å². The average molecular weight is 329 g/mol. The highest BCUT2D eigenvalue weighted by atomic mass is 16.5. The molecule has 1 aliphatic rings. The molecule has 0 radical (unpaired) electrons. The van der Waals surface area contributed by atoms with Gasteiger partial charge in [0, 0.05) is 18.7 Å². The highest BCUT2D eigenvalue weighted by Crippen LogP contribution is 2.25. The van der Waals surface area contributed by atoms with Gasteiger partial charge in [0.2, 0.25) is 5.91 Å². The van der Waals surface area contributed by atoms with Crippen molar-refractivity contribution in [3.8, 4) is 0 Å². The monoisotopic (exact) mass is 329 g/mol. The van der Waals surface area contributed by atoms with E-state index in [1.807, 2.05) is 49.1 Å². The van der Waals surface area contributed by atoms with Crippen LogP contribution in [0.3, 0.4) is 0 Å². The molecule has 2 rings (SSSR count). The van der Waals surface area contributed by atoms with Crippen molar-refractivity contribution in [3.05, 3.63) is 41.5 Å². The summed E-state index contributed by atoms with van der Waals surface area (Å²) < 4.78 is 4.80. The van der Waals surface area contributed by atoms with Crippen LogP contribution < -0.4 is 0 Å². The van der Waals surface area contributed by atoms with Gasteiger partial charge in [0.05, 0.1) is 13.0 Å². The third-order valence-electron chi connectivity index (χ3n) is 4.62. The number of carbonyl (C=O) groups excluding carboxylic acids is 2. The molecule has 24 heavy (non-hydrogen) atoms. The summed E-state index contributed by atoms with van der Waals surface area (Å²) in [7, 11) is 1.39. The van der Waals surface area contributed by atoms with Gasteiger partial charge < -0.3 is 9.64 Å². The molecule has 1 unspecified atom stereocenters. The van der Waals surface area contributed by atoms with Crippen molar-refractivity contribution in [2.75, 3.05) is 13.7 Å². The van der Waals surface area contributed by atoms with Gasteiger partial charge in [-0.3, -0.25) is 9.59 Å². The lowest BCUT2D eigenvalue weighted by molar-refractivity contribution is -0.146. The summed E-state index contributed by atoms with van der Waals surface area (Å²) in [6.45, 7) is 4.26. The van der Waals surface area contributed by atoms with E-state index in [1.54, 1.807) is 6.08 Å². The van der Waals surface area contributed by atoms with Crippen molar-refractivity contribution >= 4 is 18.0 Å². The van der Waals surface area contributed by atoms with Crippen LogP contribution in [0.2, 0.25) is 0 Å². The van der Waals surface area contributed by atoms with Gasteiger partial charge in [0.1, 0.15) is 0 Å². The van der Waals surface area contributed by atoms with Crippen LogP contribution in [0, 0.1) is 12.8 Å². The third-order valence-corrected chi connectivity index (χ3v) is 4.62. The quantitative estimate of drug-likeness (QED) is 0.592. The first-order valence-corrected chi connectivity index (χ1v) is 8.64. The van der Waals surface area contributed by atoms with E-state index in [0.29, 0.717) is 6.54 Å². The van der Waals surface area contributed by atoms with Crippen molar-refractivity contribution in [2.45, 2.75) is 45.6 Å². The molecule has 1 fully saturated rings. The minimum atomic E-state index is -0.313. The number of amides is 1. The summed E-state index contributed by atoms with van der Waals surface area (Å²) in [4.78, 5) is 26.3. The number of esters is 1. The zero-order valence-electron chi connectivity index (χ0n) is 14.8. The zero-order chi connectivity index (χ0) is 17.5. The largest absolute Gasteiger partial charge is 0.469 e. The first-order valence-electron chi connectivity index (χ1n) is 8.64. The van der Waals surface area contributed by atoms with E-state index in [0.717, 1.165) is 31.2 Å². The molecule has 0 N–H and O–H groups in total. The van der Waals surface area contributed by atoms with Crippen LogP contribution >= 0.6 is 0 Å². The lowest BCUT2D eigenvalue weighted by Crippen LogP contribution is -2.42. The van der Waals surface area contributed by atoms with Gasteiger partial charge in [-0.05, 0) is 31.4 Å². The second kappa shape index (κ2) is 8.67. The fourth-order valence-corrected chi connectivity index (χ4v) is 3.15. The molecule has 1 aliphatic carbocycles. The van der Waals surface area contributed by atoms with E-state index in [9.17, 15) is 9.59 Å². The molecule has 0 aliphatic heterocycles. The van der Waals surface area contributed by atoms with Crippen LogP contribution in [0.4, 0.5) is 0 Å². The SMILES string of the molecule is COC(=O)C(C)CN(C(=O)/C=C/c1ccc(C)cc1)C1CCCC1. The van der Waals surface area contributed by atoms with E-state index in [4.69, 9.17) is 4.74 Å². The molecule has 1 amide bonds. The van der Waals surface area contributed by atoms with Crippen LogP contribution in [-0.2, 0) is 14.3 Å². The molecule has 130 valence electrons. The molecule has 1 aromatic rings. The van der Waals surface area contributed by atoms with Crippen LogP contribution in [0.1, 0.15) is 43.7 Å². The summed E-state index contributed by atoms with van der Waals surface area (Å²) in [6.07, 6.45) is 7.76. The number of aryl methyl sites for hydroxylation is 1. The van der Waals surface area contributed by atoms with E-state index in [1.165, 1.54) is 12.7 Å². The third kappa shape index (κ3) is 4.95. The van der Waals surface area contributed by atoms with Gasteiger partial charge in [-0.25, -0.2) is 0 Å². The molecular formula is C20H27NO3. The molecule has 0 bridgehead atoms. The number of rotatable bonds is 6. The second-order valence-electron chi connectivity index (χ2n) is 6.60. The molecule has 0 saturated heterocycles. The Balaban J connectivity index is 2.08. The Morgan fingerprint density at radius 3 is 2.46 bits per heavy atom. The maximum Gasteiger partial charge on any atom is 0.310 e. The normalized spacial score (nSPS) is 16.3. The Kier molecular flexibility index (Phi) is 6.59. The van der Waals surface area contributed by atoms with Gasteiger partial charge in [0.15, 0.2) is 0 Å². The van der Waals surface area contributed by atoms with Gasteiger partial charge >= 0.3 is 5.97 Å². The number of hydrogen-bond donors (Lipinski definition) is 0. The van der Waals surface area contributed by atoms with E-state index in [2.05, 4.69) is 0 Å². The number of methoxy groups -OCH3 is 1. The molecule has 1 atom stereocenters. The first kappa shape index (κ1) is 18.2. The van der Waals surface area contributed by atoms with Crippen molar-refractivity contribution in [3.63, 3.8) is 0 Å². The van der Waals surface area contributed by atoms with Crippen molar-refractivity contribution in [1.82, 2.24) is 4.90 Å². The average Bonchev–Trinajstić information content (AvgIpc) is 3.12. The predicted molar refractivity (Wildman–Crippen MR) is 95.4 cm³/mol. The highest BCUT2D eigenvalue weighted by molar-refractivity contribution is 5.92. The van der Waals surface area contributed by atoms with Crippen LogP contribution in [-0.4, -0.2) is 36.5 Å². The lowest BCUT2D eigenvalue weighted by Gasteiger charge is -2.29. The second-order valence-corrected chi connectivity index (χ2v) is 6.60. The van der Waals surface area contributed by atoms with Crippen molar-refractivity contribution in [2.24, 2.45) is 5.92 Å².